The third-order valence-corrected chi connectivity index (χ3v) is 41.7. The van der Waals surface area contributed by atoms with Crippen molar-refractivity contribution in [2.45, 2.75) is 91.7 Å². The molecule has 0 spiro atoms. The van der Waals surface area contributed by atoms with Crippen LogP contribution in [0.4, 0.5) is 0 Å². The van der Waals surface area contributed by atoms with Gasteiger partial charge in [0.25, 0.3) is 0 Å². The number of hydrogen-bond acceptors (Lipinski definition) is 8. The maximum Gasteiger partial charge on any atom is 0.513 e. The Hall–Kier alpha value is -0.491. The number of benzene rings is 3. The number of rotatable bonds is 18. The molecule has 0 radical (unpaired) electrons. The average Bonchev–Trinajstić information content (AvgIpc) is 3.00. The van der Waals surface area contributed by atoms with Crippen LogP contribution in [-0.4, -0.2) is 92.6 Å². The van der Waals surface area contributed by atoms with Gasteiger partial charge in [-0.15, -0.1) is 0 Å². The van der Waals surface area contributed by atoms with Crippen molar-refractivity contribution in [3.8, 4) is 0 Å². The molecule has 280 valence electrons. The fourth-order valence-corrected chi connectivity index (χ4v) is 48.1. The van der Waals surface area contributed by atoms with Crippen molar-refractivity contribution in [3.63, 3.8) is 0 Å². The van der Waals surface area contributed by atoms with Crippen molar-refractivity contribution >= 4 is 103 Å². The second-order valence-corrected chi connectivity index (χ2v) is 47.5. The molecule has 0 saturated carbocycles. The Morgan fingerprint density at radius 3 is 1.10 bits per heavy atom. The Labute approximate surface area is 317 Å². The highest BCUT2D eigenvalue weighted by molar-refractivity contribution is 7.34. The molecule has 3 aromatic carbocycles. The maximum absolute atomic E-state index is 10.6. The normalized spacial score (nSPS) is 14.1. The van der Waals surface area contributed by atoms with Crippen molar-refractivity contribution in [2.24, 2.45) is 0 Å². The van der Waals surface area contributed by atoms with E-state index in [1.54, 1.807) is 0 Å². The van der Waals surface area contributed by atoms with Gasteiger partial charge in [-0.3, -0.25) is 0 Å². The van der Waals surface area contributed by atoms with E-state index in [-0.39, 0.29) is 0 Å². The molecule has 3 rings (SSSR count). The first-order chi connectivity index (χ1) is 23.3. The van der Waals surface area contributed by atoms with E-state index in [1.807, 2.05) is 74.7 Å². The lowest BCUT2D eigenvalue weighted by molar-refractivity contribution is 0.246. The van der Waals surface area contributed by atoms with Crippen LogP contribution in [0.15, 0.2) is 91.0 Å². The zero-order valence-electron chi connectivity index (χ0n) is 32.9. The van der Waals surface area contributed by atoms with Crippen molar-refractivity contribution in [1.82, 2.24) is 0 Å². The van der Waals surface area contributed by atoms with Crippen LogP contribution in [0.2, 0.25) is 91.7 Å². The summed E-state index contributed by atoms with van der Waals surface area (Å²) >= 11 is 0. The molecule has 0 aliphatic rings. The zero-order valence-corrected chi connectivity index (χ0v) is 43.9. The lowest BCUT2D eigenvalue weighted by atomic mass is 10.4. The summed E-state index contributed by atoms with van der Waals surface area (Å²) in [5.74, 6) is 0. The van der Waals surface area contributed by atoms with Crippen molar-refractivity contribution < 1.29 is 33.6 Å². The minimum Gasteiger partial charge on any atom is -0.439 e. The molecule has 50 heavy (non-hydrogen) atoms. The highest BCUT2D eigenvalue weighted by Crippen LogP contribution is 2.26. The molecule has 1 N–H and O–H groups in total. The van der Waals surface area contributed by atoms with Gasteiger partial charge in [0.15, 0.2) is 45.2 Å². The molecule has 1 atom stereocenters. The van der Waals surface area contributed by atoms with Gasteiger partial charge in [0.1, 0.15) is 0 Å². The van der Waals surface area contributed by atoms with Gasteiger partial charge in [-0.1, -0.05) is 104 Å². The monoisotopic (exact) mass is 856 g/mol. The molecule has 0 fully saturated rings. The van der Waals surface area contributed by atoms with Gasteiger partial charge >= 0.3 is 34.2 Å². The van der Waals surface area contributed by atoms with Crippen LogP contribution in [0.3, 0.4) is 0 Å². The Kier molecular flexibility index (Phi) is 19.0. The lowest BCUT2D eigenvalue weighted by Crippen LogP contribution is -2.72. The van der Waals surface area contributed by atoms with Gasteiger partial charge in [-0.2, -0.15) is 0 Å². The van der Waals surface area contributed by atoms with Gasteiger partial charge in [0.05, 0.1) is 8.31 Å². The van der Waals surface area contributed by atoms with Crippen LogP contribution in [-0.2, 0) is 28.8 Å². The smallest absolute Gasteiger partial charge is 0.439 e. The molecule has 0 saturated heterocycles. The molecule has 0 aromatic heterocycles. The molecule has 0 heterocycles. The van der Waals surface area contributed by atoms with E-state index in [4.69, 9.17) is 28.8 Å². The molecule has 3 aromatic rings. The van der Waals surface area contributed by atoms with E-state index in [9.17, 15) is 4.80 Å². The summed E-state index contributed by atoms with van der Waals surface area (Å²) in [7, 11) is -20.0. The predicted octanol–water partition coefficient (Wildman–Crippen LogP) is 4.31. The fraction of sp³-hybridized carbons (Fsp3) is 0.438. The van der Waals surface area contributed by atoms with Crippen molar-refractivity contribution in [1.29, 1.82) is 0 Å². The molecule has 0 aliphatic heterocycles. The maximum atomic E-state index is 10.6. The highest BCUT2D eigenvalue weighted by Gasteiger charge is 2.55. The molecule has 0 amide bonds. The summed E-state index contributed by atoms with van der Waals surface area (Å²) in [6.45, 7) is 30.4. The predicted molar refractivity (Wildman–Crippen MR) is 236 cm³/mol. The van der Waals surface area contributed by atoms with Crippen LogP contribution in [0.1, 0.15) is 0 Å². The Morgan fingerprint density at radius 1 is 0.420 bits per heavy atom. The SMILES string of the molecule is C[SiH](C)O[Si](O)(O[SiH](C)C)c1ccccc1.C[SiH](C)O[Si](O[SiH](C)C)(O[Si](C)(C)O[Si](O[SiH](C)C)(c1ccccc1)[SiH](C)C)c1ccccc1. The summed E-state index contributed by atoms with van der Waals surface area (Å²) in [5, 5.41) is 3.08. The summed E-state index contributed by atoms with van der Waals surface area (Å²) < 4.78 is 46.4. The van der Waals surface area contributed by atoms with E-state index < -0.39 is 87.8 Å². The van der Waals surface area contributed by atoms with E-state index in [0.29, 0.717) is 0 Å². The van der Waals surface area contributed by atoms with E-state index in [0.717, 1.165) is 10.4 Å². The average molecular weight is 858 g/mol. The van der Waals surface area contributed by atoms with Crippen LogP contribution >= 0.6 is 0 Å². The Morgan fingerprint density at radius 2 is 0.760 bits per heavy atom. The molecular weight excluding hydrogens is 793 g/mol. The highest BCUT2D eigenvalue weighted by atomic mass is 29.3. The van der Waals surface area contributed by atoms with E-state index >= 15 is 0 Å². The zero-order chi connectivity index (χ0) is 37.8. The fourth-order valence-electron chi connectivity index (χ4n) is 5.45. The second kappa shape index (κ2) is 20.8. The molecular formula is C32H64O8Si10. The molecule has 1 unspecified atom stereocenters. The minimum atomic E-state index is -3.16. The van der Waals surface area contributed by atoms with Crippen LogP contribution < -0.4 is 15.6 Å². The standard InChI is InChI=1S/C22H44O5Si7.C10H20O3Si3/c1-28(2)23-33(24-29(3)4,21-17-13-11-14-18-21)26-32(9,10)27-34(31(7)8,25-30(5)6)22-19-15-12-16-20-22;1-14(2)12-16(11,13-15(3)4)10-8-6-5-7-9-10/h11-20,28-31H,1-10H3;5-9,11,14-15H,1-4H3. The second-order valence-electron chi connectivity index (χ2n) is 14.5. The first kappa shape index (κ1) is 45.7. The molecule has 0 aliphatic carbocycles. The van der Waals surface area contributed by atoms with Crippen molar-refractivity contribution in [2.75, 3.05) is 0 Å². The molecule has 18 heteroatoms. The Bertz CT molecular complexity index is 1350. The molecule has 8 nitrogen and oxygen atoms in total. The van der Waals surface area contributed by atoms with E-state index in [2.05, 4.69) is 108 Å². The quantitative estimate of drug-likeness (QED) is 0.190. The first-order valence-corrected chi connectivity index (χ1v) is 44.1. The summed E-state index contributed by atoms with van der Waals surface area (Å²) in [5.41, 5.74) is 0. The third kappa shape index (κ3) is 14.4. The summed E-state index contributed by atoms with van der Waals surface area (Å²) in [6, 6.07) is 30.5. The molecule has 0 bridgehead atoms. The summed E-state index contributed by atoms with van der Waals surface area (Å²) in [4.78, 5) is 10.6. The minimum absolute atomic E-state index is 0.817. The van der Waals surface area contributed by atoms with E-state index in [1.165, 1.54) is 5.19 Å². The van der Waals surface area contributed by atoms with Gasteiger partial charge in [-0.25, -0.2) is 0 Å². The van der Waals surface area contributed by atoms with Gasteiger partial charge in [-0.05, 0) is 83.8 Å². The topological polar surface area (TPSA) is 84.8 Å². The van der Waals surface area contributed by atoms with Crippen LogP contribution in [0, 0.1) is 0 Å². The van der Waals surface area contributed by atoms with Crippen molar-refractivity contribution in [3.05, 3.63) is 91.0 Å². The largest absolute Gasteiger partial charge is 0.513 e. The first-order valence-electron chi connectivity index (χ1n) is 17.9. The third-order valence-electron chi connectivity index (χ3n) is 6.96. The number of hydrogen-bond donors (Lipinski definition) is 1. The van der Waals surface area contributed by atoms with Gasteiger partial charge < -0.3 is 33.6 Å². The van der Waals surface area contributed by atoms with Crippen LogP contribution in [0.25, 0.3) is 0 Å². The lowest BCUT2D eigenvalue weighted by Gasteiger charge is -2.45. The van der Waals surface area contributed by atoms with Gasteiger partial charge in [0.2, 0.25) is 0 Å². The van der Waals surface area contributed by atoms with Gasteiger partial charge in [0, 0.05) is 10.4 Å². The summed E-state index contributed by atoms with van der Waals surface area (Å²) in [6.07, 6.45) is 0. The van der Waals surface area contributed by atoms with Crippen LogP contribution in [0.5, 0.6) is 0 Å². The Balaban J connectivity index is 0.000000452.